The molecule has 1 aromatic rings. The molecule has 0 radical (unpaired) electrons. The van der Waals surface area contributed by atoms with E-state index < -0.39 is 0 Å². The Balaban J connectivity index is 1.73. The number of nitrogens with one attached hydrogen (secondary N) is 1. The maximum Gasteiger partial charge on any atom is 0.227 e. The van der Waals surface area contributed by atoms with E-state index >= 15 is 0 Å². The SMILES string of the molecule is C[C@@H]1C[C@H]1C(=O)Nc1ccc2c(c1)OCCO2. The molecule has 2 aliphatic rings. The van der Waals surface area contributed by atoms with E-state index in [-0.39, 0.29) is 11.8 Å². The van der Waals surface area contributed by atoms with Crippen LogP contribution in [0.5, 0.6) is 11.5 Å². The van der Waals surface area contributed by atoms with Gasteiger partial charge >= 0.3 is 0 Å². The Hall–Kier alpha value is -1.71. The van der Waals surface area contributed by atoms with Gasteiger partial charge in [-0.05, 0) is 24.5 Å². The second kappa shape index (κ2) is 3.95. The molecular weight excluding hydrogens is 218 g/mol. The predicted octanol–water partition coefficient (Wildman–Crippen LogP) is 2.05. The molecule has 90 valence electrons. The quantitative estimate of drug-likeness (QED) is 0.850. The lowest BCUT2D eigenvalue weighted by molar-refractivity contribution is -0.117. The van der Waals surface area contributed by atoms with Crippen LogP contribution in [0.25, 0.3) is 0 Å². The molecular formula is C13H15NO3. The van der Waals surface area contributed by atoms with Crippen molar-refractivity contribution in [2.45, 2.75) is 13.3 Å². The summed E-state index contributed by atoms with van der Waals surface area (Å²) in [6.07, 6.45) is 0.996. The van der Waals surface area contributed by atoms with Crippen LogP contribution in [0.15, 0.2) is 18.2 Å². The normalized spacial score (nSPS) is 25.2. The van der Waals surface area contributed by atoms with Gasteiger partial charge in [0.05, 0.1) is 0 Å². The van der Waals surface area contributed by atoms with Crippen LogP contribution in [-0.4, -0.2) is 19.1 Å². The maximum absolute atomic E-state index is 11.8. The monoisotopic (exact) mass is 233 g/mol. The summed E-state index contributed by atoms with van der Waals surface area (Å²) in [4.78, 5) is 11.8. The van der Waals surface area contributed by atoms with Gasteiger partial charge in [0.1, 0.15) is 13.2 Å². The third-order valence-corrected chi connectivity index (χ3v) is 3.26. The highest BCUT2D eigenvalue weighted by atomic mass is 16.6. The van der Waals surface area contributed by atoms with Crippen LogP contribution in [0.2, 0.25) is 0 Å². The third kappa shape index (κ3) is 2.07. The first-order valence-electron chi connectivity index (χ1n) is 5.94. The van der Waals surface area contributed by atoms with Crippen molar-refractivity contribution >= 4 is 11.6 Å². The number of amides is 1. The fourth-order valence-corrected chi connectivity index (χ4v) is 2.04. The summed E-state index contributed by atoms with van der Waals surface area (Å²) in [5.41, 5.74) is 0.776. The lowest BCUT2D eigenvalue weighted by Crippen LogP contribution is -2.17. The Morgan fingerprint density at radius 1 is 1.29 bits per heavy atom. The number of hydrogen-bond acceptors (Lipinski definition) is 3. The molecule has 17 heavy (non-hydrogen) atoms. The second-order valence-corrected chi connectivity index (χ2v) is 4.67. The number of fused-ring (bicyclic) bond motifs is 1. The lowest BCUT2D eigenvalue weighted by atomic mass is 10.2. The average Bonchev–Trinajstić information content (AvgIpc) is 3.06. The molecule has 1 N–H and O–H groups in total. The topological polar surface area (TPSA) is 47.6 Å². The van der Waals surface area contributed by atoms with Crippen LogP contribution in [-0.2, 0) is 4.79 Å². The molecule has 1 saturated carbocycles. The maximum atomic E-state index is 11.8. The van der Waals surface area contributed by atoms with Crippen molar-refractivity contribution in [1.29, 1.82) is 0 Å². The highest BCUT2D eigenvalue weighted by Gasteiger charge is 2.39. The largest absolute Gasteiger partial charge is 0.486 e. The number of carbonyl (C=O) groups excluding carboxylic acids is 1. The molecule has 2 atom stereocenters. The first-order chi connectivity index (χ1) is 8.24. The van der Waals surface area contributed by atoms with Crippen LogP contribution >= 0.6 is 0 Å². The van der Waals surface area contributed by atoms with Crippen molar-refractivity contribution in [3.63, 3.8) is 0 Å². The first-order valence-corrected chi connectivity index (χ1v) is 5.94. The molecule has 0 unspecified atom stereocenters. The van der Waals surface area contributed by atoms with Gasteiger partial charge in [-0.25, -0.2) is 0 Å². The average molecular weight is 233 g/mol. The van der Waals surface area contributed by atoms with E-state index in [1.165, 1.54) is 0 Å². The number of benzene rings is 1. The van der Waals surface area contributed by atoms with Crippen LogP contribution in [0.3, 0.4) is 0 Å². The van der Waals surface area contributed by atoms with E-state index in [0.717, 1.165) is 17.9 Å². The van der Waals surface area contributed by atoms with Gasteiger partial charge in [0.15, 0.2) is 11.5 Å². The van der Waals surface area contributed by atoms with Gasteiger partial charge in [0, 0.05) is 17.7 Å². The van der Waals surface area contributed by atoms with Crippen molar-refractivity contribution < 1.29 is 14.3 Å². The van der Waals surface area contributed by atoms with Crippen molar-refractivity contribution in [3.8, 4) is 11.5 Å². The van der Waals surface area contributed by atoms with E-state index in [1.807, 2.05) is 18.2 Å². The van der Waals surface area contributed by atoms with Crippen LogP contribution in [0, 0.1) is 11.8 Å². The molecule has 0 aromatic heterocycles. The first kappa shape index (κ1) is 10.4. The summed E-state index contributed by atoms with van der Waals surface area (Å²) in [5.74, 6) is 2.26. The summed E-state index contributed by atoms with van der Waals surface area (Å²) < 4.78 is 10.9. The van der Waals surface area contributed by atoms with Crippen molar-refractivity contribution in [2.75, 3.05) is 18.5 Å². The summed E-state index contributed by atoms with van der Waals surface area (Å²) in [5, 5.41) is 2.91. The Morgan fingerprint density at radius 3 is 2.71 bits per heavy atom. The van der Waals surface area contributed by atoms with Crippen molar-refractivity contribution in [1.82, 2.24) is 0 Å². The summed E-state index contributed by atoms with van der Waals surface area (Å²) >= 11 is 0. The Morgan fingerprint density at radius 2 is 2.00 bits per heavy atom. The number of ether oxygens (including phenoxy) is 2. The Kier molecular flexibility index (Phi) is 2.42. The van der Waals surface area contributed by atoms with Gasteiger partial charge in [-0.3, -0.25) is 4.79 Å². The zero-order valence-electron chi connectivity index (χ0n) is 9.73. The van der Waals surface area contributed by atoms with Crippen LogP contribution < -0.4 is 14.8 Å². The fourth-order valence-electron chi connectivity index (χ4n) is 2.04. The third-order valence-electron chi connectivity index (χ3n) is 3.26. The summed E-state index contributed by atoms with van der Waals surface area (Å²) in [6.45, 7) is 3.23. The van der Waals surface area contributed by atoms with E-state index in [1.54, 1.807) is 0 Å². The van der Waals surface area contributed by atoms with Gasteiger partial charge in [-0.2, -0.15) is 0 Å². The van der Waals surface area contributed by atoms with Gasteiger partial charge in [0.25, 0.3) is 0 Å². The molecule has 1 fully saturated rings. The molecule has 1 amide bonds. The number of carbonyl (C=O) groups is 1. The van der Waals surface area contributed by atoms with Crippen molar-refractivity contribution in [2.24, 2.45) is 11.8 Å². The highest BCUT2D eigenvalue weighted by Crippen LogP contribution is 2.39. The molecule has 4 heteroatoms. The molecule has 0 bridgehead atoms. The standard InChI is InChI=1S/C13H15NO3/c1-8-6-10(8)13(15)14-9-2-3-11-12(7-9)17-5-4-16-11/h2-3,7-8,10H,4-6H2,1H3,(H,14,15)/t8-,10-/m1/s1. The highest BCUT2D eigenvalue weighted by molar-refractivity contribution is 5.94. The molecule has 4 nitrogen and oxygen atoms in total. The molecule has 1 aliphatic heterocycles. The zero-order chi connectivity index (χ0) is 11.8. The number of hydrogen-bond donors (Lipinski definition) is 1. The van der Waals surface area contributed by atoms with Crippen LogP contribution in [0.1, 0.15) is 13.3 Å². The van der Waals surface area contributed by atoms with Gasteiger partial charge < -0.3 is 14.8 Å². The second-order valence-electron chi connectivity index (χ2n) is 4.67. The van der Waals surface area contributed by atoms with Gasteiger partial charge in [0.2, 0.25) is 5.91 Å². The smallest absolute Gasteiger partial charge is 0.227 e. The van der Waals surface area contributed by atoms with Gasteiger partial charge in [-0.1, -0.05) is 6.92 Å². The number of anilines is 1. The molecule has 1 aromatic carbocycles. The zero-order valence-corrected chi connectivity index (χ0v) is 9.73. The molecule has 3 rings (SSSR count). The molecule has 1 heterocycles. The summed E-state index contributed by atoms with van der Waals surface area (Å²) in [7, 11) is 0. The van der Waals surface area contributed by atoms with E-state index in [9.17, 15) is 4.79 Å². The molecule has 0 saturated heterocycles. The van der Waals surface area contributed by atoms with Gasteiger partial charge in [-0.15, -0.1) is 0 Å². The van der Waals surface area contributed by atoms with E-state index in [2.05, 4.69) is 12.2 Å². The molecule has 0 spiro atoms. The van der Waals surface area contributed by atoms with E-state index in [0.29, 0.717) is 24.9 Å². The van der Waals surface area contributed by atoms with E-state index in [4.69, 9.17) is 9.47 Å². The Labute approximate surface area is 99.9 Å². The number of rotatable bonds is 2. The Bertz CT molecular complexity index is 458. The van der Waals surface area contributed by atoms with Crippen LogP contribution in [0.4, 0.5) is 5.69 Å². The minimum atomic E-state index is 0.106. The minimum absolute atomic E-state index is 0.106. The minimum Gasteiger partial charge on any atom is -0.486 e. The fraction of sp³-hybridized carbons (Fsp3) is 0.462. The summed E-state index contributed by atoms with van der Waals surface area (Å²) in [6, 6.07) is 5.50. The lowest BCUT2D eigenvalue weighted by Gasteiger charge is -2.19. The van der Waals surface area contributed by atoms with Crippen molar-refractivity contribution in [3.05, 3.63) is 18.2 Å². The molecule has 1 aliphatic carbocycles. The predicted molar refractivity (Wildman–Crippen MR) is 63.3 cm³/mol.